The van der Waals surface area contributed by atoms with Crippen LogP contribution in [-0.2, 0) is 20.1 Å². The van der Waals surface area contributed by atoms with Crippen molar-refractivity contribution in [1.82, 2.24) is 9.97 Å². The molecule has 0 bridgehead atoms. The van der Waals surface area contributed by atoms with Crippen molar-refractivity contribution in [3.05, 3.63) is 62.4 Å². The zero-order chi connectivity index (χ0) is 18.2. The van der Waals surface area contributed by atoms with Crippen molar-refractivity contribution in [2.75, 3.05) is 17.7 Å². The zero-order valence-corrected chi connectivity index (χ0v) is 14.3. The first kappa shape index (κ1) is 18.5. The number of esters is 1. The number of nitrogens with one attached hydrogen (secondary N) is 3. The summed E-state index contributed by atoms with van der Waals surface area (Å²) >= 11 is 1.14. The van der Waals surface area contributed by atoms with E-state index in [9.17, 15) is 19.2 Å². The molecule has 1 amide bonds. The molecule has 2 rings (SSSR count). The van der Waals surface area contributed by atoms with Gasteiger partial charge in [-0.2, -0.15) is 0 Å². The molecule has 8 nitrogen and oxygen atoms in total. The van der Waals surface area contributed by atoms with E-state index in [4.69, 9.17) is 4.74 Å². The lowest BCUT2D eigenvalue weighted by Gasteiger charge is -2.07. The average Bonchev–Trinajstić information content (AvgIpc) is 2.57. The Labute approximate surface area is 147 Å². The largest absolute Gasteiger partial charge is 0.455 e. The van der Waals surface area contributed by atoms with Crippen molar-refractivity contribution in [3.63, 3.8) is 0 Å². The molecule has 0 atom stereocenters. The number of carbonyl (C=O) groups excluding carboxylic acids is 2. The Kier molecular flexibility index (Phi) is 6.58. The molecule has 0 saturated heterocycles. The fourth-order valence-corrected chi connectivity index (χ4v) is 2.60. The molecule has 0 aliphatic rings. The topological polar surface area (TPSA) is 121 Å². The van der Waals surface area contributed by atoms with Gasteiger partial charge in [-0.25, -0.2) is 4.79 Å². The molecule has 0 aliphatic heterocycles. The van der Waals surface area contributed by atoms with Crippen LogP contribution in [0.15, 0.2) is 40.1 Å². The quantitative estimate of drug-likeness (QED) is 0.625. The van der Waals surface area contributed by atoms with E-state index in [1.807, 2.05) is 19.1 Å². The molecule has 0 unspecified atom stereocenters. The molecule has 9 heteroatoms. The number of aromatic nitrogens is 2. The van der Waals surface area contributed by atoms with Crippen LogP contribution in [0.4, 0.5) is 5.69 Å². The maximum Gasteiger partial charge on any atom is 0.325 e. The number of amides is 1. The van der Waals surface area contributed by atoms with Gasteiger partial charge in [-0.3, -0.25) is 19.4 Å². The maximum atomic E-state index is 11.7. The number of aromatic amines is 2. The highest BCUT2D eigenvalue weighted by molar-refractivity contribution is 7.99. The lowest BCUT2D eigenvalue weighted by Crippen LogP contribution is -2.24. The molecule has 0 spiro atoms. The highest BCUT2D eigenvalue weighted by Crippen LogP contribution is 2.09. The minimum absolute atomic E-state index is 0.0175. The third-order valence-corrected chi connectivity index (χ3v) is 4.03. The molecule has 25 heavy (non-hydrogen) atoms. The Bertz CT molecular complexity index is 857. The van der Waals surface area contributed by atoms with Gasteiger partial charge < -0.3 is 15.0 Å². The molecule has 1 aromatic carbocycles. The first-order valence-corrected chi connectivity index (χ1v) is 8.50. The Morgan fingerprint density at radius 1 is 1.20 bits per heavy atom. The average molecular weight is 363 g/mol. The van der Waals surface area contributed by atoms with Crippen molar-refractivity contribution < 1.29 is 14.3 Å². The van der Waals surface area contributed by atoms with E-state index in [0.29, 0.717) is 11.3 Å². The molecule has 0 fully saturated rings. The normalized spacial score (nSPS) is 10.3. The van der Waals surface area contributed by atoms with E-state index >= 15 is 0 Å². The van der Waals surface area contributed by atoms with Gasteiger partial charge in [-0.1, -0.05) is 17.7 Å². The van der Waals surface area contributed by atoms with Gasteiger partial charge in [0.2, 0.25) is 0 Å². The van der Waals surface area contributed by atoms with Gasteiger partial charge in [0.1, 0.15) is 0 Å². The van der Waals surface area contributed by atoms with Gasteiger partial charge in [-0.05, 0) is 19.1 Å². The van der Waals surface area contributed by atoms with E-state index in [-0.39, 0.29) is 18.1 Å². The van der Waals surface area contributed by atoms with E-state index in [1.165, 1.54) is 6.20 Å². The molecule has 0 saturated carbocycles. The van der Waals surface area contributed by atoms with Gasteiger partial charge >= 0.3 is 11.7 Å². The number of H-pyrrole nitrogens is 2. The SMILES string of the molecule is Cc1ccc(NC(=O)COC(=O)CSCc2c[nH]c(=O)[nH]c2=O)cc1. The predicted octanol–water partition coefficient (Wildman–Crippen LogP) is 0.787. The number of carbonyl (C=O) groups is 2. The Hall–Kier alpha value is -2.81. The third-order valence-electron chi connectivity index (χ3n) is 3.07. The van der Waals surface area contributed by atoms with E-state index < -0.39 is 23.1 Å². The molecule has 1 aromatic heterocycles. The second-order valence-corrected chi connectivity index (χ2v) is 6.15. The number of hydrogen-bond acceptors (Lipinski definition) is 6. The molecule has 0 aliphatic carbocycles. The van der Waals surface area contributed by atoms with Crippen molar-refractivity contribution in [2.24, 2.45) is 0 Å². The van der Waals surface area contributed by atoms with Crippen LogP contribution in [-0.4, -0.2) is 34.2 Å². The smallest absolute Gasteiger partial charge is 0.325 e. The van der Waals surface area contributed by atoms with Crippen LogP contribution in [0.5, 0.6) is 0 Å². The number of aryl methyl sites for hydroxylation is 1. The molecule has 3 N–H and O–H groups in total. The minimum Gasteiger partial charge on any atom is -0.455 e. The fourth-order valence-electron chi connectivity index (χ4n) is 1.81. The first-order chi connectivity index (χ1) is 11.9. The Balaban J connectivity index is 1.69. The molecule has 0 radical (unpaired) electrons. The lowest BCUT2D eigenvalue weighted by molar-refractivity contribution is -0.144. The monoisotopic (exact) mass is 363 g/mol. The summed E-state index contributed by atoms with van der Waals surface area (Å²) in [5, 5.41) is 2.62. The number of ether oxygens (including phenoxy) is 1. The summed E-state index contributed by atoms with van der Waals surface area (Å²) in [5.41, 5.74) is 0.954. The van der Waals surface area contributed by atoms with Gasteiger partial charge in [0, 0.05) is 23.2 Å². The van der Waals surface area contributed by atoms with Crippen LogP contribution in [0.2, 0.25) is 0 Å². The van der Waals surface area contributed by atoms with Crippen LogP contribution >= 0.6 is 11.8 Å². The second kappa shape index (κ2) is 8.88. The summed E-state index contributed by atoms with van der Waals surface area (Å²) < 4.78 is 4.87. The summed E-state index contributed by atoms with van der Waals surface area (Å²) in [6, 6.07) is 7.23. The van der Waals surface area contributed by atoms with Crippen LogP contribution in [0, 0.1) is 6.92 Å². The number of anilines is 1. The van der Waals surface area contributed by atoms with Crippen molar-refractivity contribution in [1.29, 1.82) is 0 Å². The van der Waals surface area contributed by atoms with Crippen molar-refractivity contribution in [3.8, 4) is 0 Å². The number of rotatable bonds is 7. The van der Waals surface area contributed by atoms with E-state index in [1.54, 1.807) is 12.1 Å². The lowest BCUT2D eigenvalue weighted by atomic mass is 10.2. The molecule has 1 heterocycles. The van der Waals surface area contributed by atoms with Gasteiger partial charge in [0.05, 0.1) is 5.75 Å². The molecule has 132 valence electrons. The third kappa shape index (κ3) is 6.30. The fraction of sp³-hybridized carbons (Fsp3) is 0.250. The van der Waals surface area contributed by atoms with Crippen LogP contribution in [0.25, 0.3) is 0 Å². The number of thioether (sulfide) groups is 1. The van der Waals surface area contributed by atoms with E-state index in [2.05, 4.69) is 15.3 Å². The van der Waals surface area contributed by atoms with Crippen molar-refractivity contribution in [2.45, 2.75) is 12.7 Å². The number of hydrogen-bond donors (Lipinski definition) is 3. The summed E-state index contributed by atoms with van der Waals surface area (Å²) in [4.78, 5) is 50.1. The van der Waals surface area contributed by atoms with Crippen molar-refractivity contribution >= 4 is 29.3 Å². The summed E-state index contributed by atoms with van der Waals surface area (Å²) in [6.45, 7) is 1.55. The summed E-state index contributed by atoms with van der Waals surface area (Å²) in [7, 11) is 0. The molecular formula is C16H17N3O5S. The van der Waals surface area contributed by atoms with E-state index in [0.717, 1.165) is 17.3 Å². The zero-order valence-electron chi connectivity index (χ0n) is 13.5. The standard InChI is InChI=1S/C16H17N3O5S/c1-10-2-4-12(5-3-10)18-13(20)7-24-14(21)9-25-8-11-6-17-16(23)19-15(11)22/h2-6H,7-9H2,1H3,(H,18,20)(H2,17,19,22,23). The highest BCUT2D eigenvalue weighted by Gasteiger charge is 2.09. The van der Waals surface area contributed by atoms with Crippen LogP contribution in [0.3, 0.4) is 0 Å². The summed E-state index contributed by atoms with van der Waals surface area (Å²) in [5.74, 6) is -0.781. The van der Waals surface area contributed by atoms with Gasteiger partial charge in [-0.15, -0.1) is 11.8 Å². The Morgan fingerprint density at radius 3 is 2.60 bits per heavy atom. The number of benzene rings is 1. The Morgan fingerprint density at radius 2 is 1.92 bits per heavy atom. The first-order valence-electron chi connectivity index (χ1n) is 7.35. The molecule has 2 aromatic rings. The summed E-state index contributed by atoms with van der Waals surface area (Å²) in [6.07, 6.45) is 1.30. The predicted molar refractivity (Wildman–Crippen MR) is 94.6 cm³/mol. The van der Waals surface area contributed by atoms with Gasteiger partial charge in [0.25, 0.3) is 11.5 Å². The van der Waals surface area contributed by atoms with Crippen LogP contribution < -0.4 is 16.6 Å². The maximum absolute atomic E-state index is 11.7. The van der Waals surface area contributed by atoms with Crippen LogP contribution in [0.1, 0.15) is 11.1 Å². The minimum atomic E-state index is -0.585. The van der Waals surface area contributed by atoms with Gasteiger partial charge in [0.15, 0.2) is 6.61 Å². The molecular weight excluding hydrogens is 346 g/mol. The highest BCUT2D eigenvalue weighted by atomic mass is 32.2. The second-order valence-electron chi connectivity index (χ2n) is 5.16.